The zero-order valence-electron chi connectivity index (χ0n) is 30.9. The minimum absolute atomic E-state index is 0.00594. The van der Waals surface area contributed by atoms with E-state index in [1.54, 1.807) is 32.0 Å². The summed E-state index contributed by atoms with van der Waals surface area (Å²) in [5, 5.41) is 20.4. The highest BCUT2D eigenvalue weighted by atomic mass is 16.5. The second-order valence-electron chi connectivity index (χ2n) is 13.7. The molecule has 0 saturated carbocycles. The van der Waals surface area contributed by atoms with Crippen molar-refractivity contribution in [3.8, 4) is 17.1 Å². The largest absolute Gasteiger partial charge is 0.496 e. The predicted octanol–water partition coefficient (Wildman–Crippen LogP) is 1.83. The van der Waals surface area contributed by atoms with E-state index in [1.165, 1.54) is 11.0 Å². The van der Waals surface area contributed by atoms with Crippen molar-refractivity contribution in [3.63, 3.8) is 0 Å². The second-order valence-corrected chi connectivity index (χ2v) is 13.7. The van der Waals surface area contributed by atoms with Gasteiger partial charge in [-0.15, -0.1) is 0 Å². The summed E-state index contributed by atoms with van der Waals surface area (Å²) in [6.45, 7) is 8.82. The molecule has 2 aromatic heterocycles. The quantitative estimate of drug-likeness (QED) is 0.208. The van der Waals surface area contributed by atoms with Crippen molar-refractivity contribution in [3.05, 3.63) is 78.1 Å². The Morgan fingerprint density at radius 3 is 2.42 bits per heavy atom. The lowest BCUT2D eigenvalue weighted by Gasteiger charge is -2.25. The van der Waals surface area contributed by atoms with E-state index in [-0.39, 0.29) is 30.8 Å². The molecule has 1 aliphatic heterocycles. The van der Waals surface area contributed by atoms with Crippen molar-refractivity contribution in [2.24, 2.45) is 5.92 Å². The van der Waals surface area contributed by atoms with Crippen LogP contribution in [0, 0.1) is 5.92 Å². The van der Waals surface area contributed by atoms with E-state index in [0.29, 0.717) is 56.4 Å². The van der Waals surface area contributed by atoms with Crippen LogP contribution in [0.5, 0.6) is 5.75 Å². The molecular formula is C37H49N11O5. The van der Waals surface area contributed by atoms with Gasteiger partial charge in [0.25, 0.3) is 0 Å². The molecule has 3 atom stereocenters. The standard InChI is InChI=1S/C37H49N11O5/c1-24(2)16-30-37(52)42-25(3)35-44-34(28-10-7-6-8-11-28)45-48(35)21-32(49)39-14-9-15-46(20-33(50)41-26(4)36(51)43-30)18-27-12-13-31(53-5)29(17-27)19-47-23-38-22-40-47/h6-8,10-13,17,22-26,30H,9,14-16,18-21H2,1-5H3,(H,39,49)(H,41,50)(H,42,52)(H,43,51)/t25-,26+,30+/m0/s1. The summed E-state index contributed by atoms with van der Waals surface area (Å²) in [7, 11) is 1.61. The van der Waals surface area contributed by atoms with Gasteiger partial charge in [-0.2, -0.15) is 10.2 Å². The molecule has 3 heterocycles. The van der Waals surface area contributed by atoms with Crippen LogP contribution in [0.1, 0.15) is 63.5 Å². The molecule has 1 aliphatic rings. The first-order chi connectivity index (χ1) is 25.5. The Morgan fingerprint density at radius 1 is 0.906 bits per heavy atom. The number of carbonyl (C=O) groups excluding carboxylic acids is 4. The van der Waals surface area contributed by atoms with Gasteiger partial charge in [-0.25, -0.2) is 19.3 Å². The van der Waals surface area contributed by atoms with E-state index in [9.17, 15) is 19.2 Å². The van der Waals surface area contributed by atoms with Gasteiger partial charge in [-0.3, -0.25) is 24.1 Å². The monoisotopic (exact) mass is 727 g/mol. The molecule has 4 N–H and O–H groups in total. The molecule has 0 radical (unpaired) electrons. The lowest BCUT2D eigenvalue weighted by atomic mass is 10.0. The maximum atomic E-state index is 13.7. The number of fused-ring (bicyclic) bond motifs is 1. The fourth-order valence-electron chi connectivity index (χ4n) is 6.17. The van der Waals surface area contributed by atoms with Crippen molar-refractivity contribution in [1.82, 2.24) is 55.7 Å². The number of carbonyl (C=O) groups is 4. The number of methoxy groups -OCH3 is 1. The van der Waals surface area contributed by atoms with E-state index in [4.69, 9.17) is 9.72 Å². The number of amides is 4. The summed E-state index contributed by atoms with van der Waals surface area (Å²) in [6.07, 6.45) is 4.00. The van der Waals surface area contributed by atoms with Crippen LogP contribution in [0.3, 0.4) is 0 Å². The molecular weight excluding hydrogens is 678 g/mol. The average molecular weight is 728 g/mol. The molecule has 0 saturated heterocycles. The highest BCUT2D eigenvalue weighted by molar-refractivity contribution is 5.92. The number of hydrogen-bond acceptors (Lipinski definition) is 10. The average Bonchev–Trinajstić information content (AvgIpc) is 3.80. The highest BCUT2D eigenvalue weighted by Crippen LogP contribution is 2.22. The maximum Gasteiger partial charge on any atom is 0.243 e. The van der Waals surface area contributed by atoms with Crippen LogP contribution >= 0.6 is 0 Å². The number of rotatable bonds is 8. The predicted molar refractivity (Wildman–Crippen MR) is 196 cm³/mol. The van der Waals surface area contributed by atoms with Crippen LogP contribution < -0.4 is 26.0 Å². The van der Waals surface area contributed by atoms with Crippen molar-refractivity contribution >= 4 is 23.6 Å². The van der Waals surface area contributed by atoms with Gasteiger partial charge in [0.05, 0.1) is 26.2 Å². The molecule has 16 heteroatoms. The smallest absolute Gasteiger partial charge is 0.243 e. The van der Waals surface area contributed by atoms with Gasteiger partial charge in [0, 0.05) is 30.8 Å². The van der Waals surface area contributed by atoms with Crippen molar-refractivity contribution in [2.75, 3.05) is 26.7 Å². The summed E-state index contributed by atoms with van der Waals surface area (Å²) in [5.74, 6) is 0.0802. The summed E-state index contributed by atoms with van der Waals surface area (Å²) >= 11 is 0. The summed E-state index contributed by atoms with van der Waals surface area (Å²) in [6, 6.07) is 12.8. The van der Waals surface area contributed by atoms with Crippen LogP contribution in [0.25, 0.3) is 11.4 Å². The molecule has 2 aromatic carbocycles. The van der Waals surface area contributed by atoms with Crippen LogP contribution in [0.4, 0.5) is 0 Å². The van der Waals surface area contributed by atoms with Crippen molar-refractivity contribution < 1.29 is 23.9 Å². The maximum absolute atomic E-state index is 13.7. The third-order valence-corrected chi connectivity index (χ3v) is 8.77. The van der Waals surface area contributed by atoms with E-state index in [1.807, 2.05) is 67.3 Å². The molecule has 4 amide bonds. The molecule has 5 rings (SSSR count). The van der Waals surface area contributed by atoms with Crippen LogP contribution in [-0.2, 0) is 38.8 Å². The number of nitrogens with one attached hydrogen (secondary N) is 4. The fourth-order valence-corrected chi connectivity index (χ4v) is 6.17. The molecule has 16 nitrogen and oxygen atoms in total. The third-order valence-electron chi connectivity index (χ3n) is 8.77. The van der Waals surface area contributed by atoms with E-state index < -0.39 is 29.9 Å². The molecule has 0 fully saturated rings. The Kier molecular flexibility index (Phi) is 13.3. The Hall–Kier alpha value is -5.64. The molecule has 4 aromatic rings. The zero-order valence-corrected chi connectivity index (χ0v) is 30.9. The molecule has 0 unspecified atom stereocenters. The molecule has 0 bridgehead atoms. The number of aromatic nitrogens is 6. The van der Waals surface area contributed by atoms with E-state index in [2.05, 4.69) is 36.4 Å². The number of benzene rings is 2. The third kappa shape index (κ3) is 10.9. The Bertz CT molecular complexity index is 1840. The fraction of sp³-hybridized carbons (Fsp3) is 0.459. The molecule has 53 heavy (non-hydrogen) atoms. The van der Waals surface area contributed by atoms with Gasteiger partial charge in [0.1, 0.15) is 42.9 Å². The van der Waals surface area contributed by atoms with Crippen LogP contribution in [0.15, 0.2) is 61.2 Å². The van der Waals surface area contributed by atoms with Gasteiger partial charge in [-0.05, 0) is 50.3 Å². The van der Waals surface area contributed by atoms with Gasteiger partial charge < -0.3 is 26.0 Å². The first-order valence-corrected chi connectivity index (χ1v) is 17.9. The Morgan fingerprint density at radius 2 is 1.70 bits per heavy atom. The summed E-state index contributed by atoms with van der Waals surface area (Å²) in [5.41, 5.74) is 2.60. The van der Waals surface area contributed by atoms with Crippen molar-refractivity contribution in [2.45, 2.75) is 78.3 Å². The first-order valence-electron chi connectivity index (χ1n) is 17.9. The minimum Gasteiger partial charge on any atom is -0.496 e. The number of nitrogens with zero attached hydrogens (tertiary/aromatic N) is 7. The van der Waals surface area contributed by atoms with Crippen LogP contribution in [0.2, 0.25) is 0 Å². The normalized spacial score (nSPS) is 19.9. The first kappa shape index (κ1) is 38.6. The summed E-state index contributed by atoms with van der Waals surface area (Å²) < 4.78 is 8.78. The van der Waals surface area contributed by atoms with Gasteiger partial charge >= 0.3 is 0 Å². The summed E-state index contributed by atoms with van der Waals surface area (Å²) in [4.78, 5) is 64.4. The lowest BCUT2D eigenvalue weighted by Crippen LogP contribution is -2.54. The van der Waals surface area contributed by atoms with Crippen molar-refractivity contribution in [1.29, 1.82) is 0 Å². The molecule has 0 spiro atoms. The zero-order chi connectivity index (χ0) is 37.9. The van der Waals surface area contributed by atoms with Gasteiger partial charge in [-0.1, -0.05) is 50.2 Å². The Labute approximate surface area is 309 Å². The SMILES string of the molecule is COc1ccc(CN2CCCNC(=O)Cn3nc(-c4ccccc4)nc3[C@H](C)NC(=O)[C@@H](CC(C)C)NC(=O)[C@@H](C)NC(=O)C2)cc1Cn1cncn1. The molecule has 0 aliphatic carbocycles. The second kappa shape index (κ2) is 18.2. The number of ether oxygens (including phenoxy) is 1. The number of hydrogen-bond donors (Lipinski definition) is 4. The highest BCUT2D eigenvalue weighted by Gasteiger charge is 2.29. The van der Waals surface area contributed by atoms with E-state index in [0.717, 1.165) is 16.7 Å². The van der Waals surface area contributed by atoms with E-state index >= 15 is 0 Å². The Balaban J connectivity index is 1.39. The topological polar surface area (TPSA) is 190 Å². The lowest BCUT2D eigenvalue weighted by molar-refractivity contribution is -0.132. The van der Waals surface area contributed by atoms with Crippen LogP contribution in [-0.4, -0.2) is 96.9 Å². The molecule has 282 valence electrons. The van der Waals surface area contributed by atoms with Gasteiger partial charge in [0.15, 0.2) is 5.82 Å². The minimum atomic E-state index is -0.905. The van der Waals surface area contributed by atoms with Gasteiger partial charge in [0.2, 0.25) is 23.6 Å².